The van der Waals surface area contributed by atoms with Gasteiger partial charge in [-0.3, -0.25) is 0 Å². The normalized spacial score (nSPS) is 30.0. The van der Waals surface area contributed by atoms with E-state index < -0.39 is 23.3 Å². The van der Waals surface area contributed by atoms with Crippen molar-refractivity contribution in [1.29, 1.82) is 0 Å². The van der Waals surface area contributed by atoms with Crippen molar-refractivity contribution in [3.8, 4) is 11.1 Å². The van der Waals surface area contributed by atoms with Crippen LogP contribution in [0.15, 0.2) is 36.4 Å². The largest absolute Gasteiger partial charge is 0.378 e. The second-order valence-electron chi connectivity index (χ2n) is 10.2. The summed E-state index contributed by atoms with van der Waals surface area (Å²) >= 11 is 0. The van der Waals surface area contributed by atoms with Crippen LogP contribution in [-0.4, -0.2) is 12.7 Å². The lowest BCUT2D eigenvalue weighted by Gasteiger charge is -2.43. The van der Waals surface area contributed by atoms with Crippen LogP contribution in [0.2, 0.25) is 0 Å². The Labute approximate surface area is 192 Å². The van der Waals surface area contributed by atoms with Crippen LogP contribution < -0.4 is 0 Å². The Morgan fingerprint density at radius 2 is 1.58 bits per heavy atom. The summed E-state index contributed by atoms with van der Waals surface area (Å²) in [4.78, 5) is 0. The van der Waals surface area contributed by atoms with Crippen LogP contribution in [0.4, 0.5) is 17.6 Å². The van der Waals surface area contributed by atoms with E-state index in [0.717, 1.165) is 73.3 Å². The van der Waals surface area contributed by atoms with Crippen molar-refractivity contribution in [2.75, 3.05) is 6.61 Å². The summed E-state index contributed by atoms with van der Waals surface area (Å²) in [5.41, 5.74) is 1.47. The Kier molecular flexibility index (Phi) is 6.34. The number of rotatable bonds is 4. The standard InChI is InChI=1S/C28H30F4O/c1-16-12-21(13-16)20-7-11-26(33-15-20)18-4-2-17(3-5-18)19-6-8-22(25(30)14-19)23-9-10-24(29)28(32)27(23)31/h2,6,8-10,14,16,18,20-21,26H,3-5,7,11-13,15H2,1H3. The molecule has 1 saturated carbocycles. The molecule has 3 atom stereocenters. The van der Waals surface area contributed by atoms with Gasteiger partial charge in [0.05, 0.1) is 12.7 Å². The Morgan fingerprint density at radius 1 is 0.788 bits per heavy atom. The second-order valence-corrected chi connectivity index (χ2v) is 10.2. The maximum atomic E-state index is 14.8. The van der Waals surface area contributed by atoms with Crippen molar-refractivity contribution in [2.45, 2.75) is 58.0 Å². The number of hydrogen-bond acceptors (Lipinski definition) is 1. The van der Waals surface area contributed by atoms with Crippen molar-refractivity contribution in [3.63, 3.8) is 0 Å². The number of benzene rings is 2. The average Bonchev–Trinajstić information content (AvgIpc) is 2.81. The lowest BCUT2D eigenvalue weighted by molar-refractivity contribution is -0.0757. The topological polar surface area (TPSA) is 9.23 Å². The molecule has 3 unspecified atom stereocenters. The highest BCUT2D eigenvalue weighted by Gasteiger charge is 2.37. The summed E-state index contributed by atoms with van der Waals surface area (Å²) in [7, 11) is 0. The molecule has 2 fully saturated rings. The zero-order chi connectivity index (χ0) is 23.1. The fraction of sp³-hybridized carbons (Fsp3) is 0.500. The monoisotopic (exact) mass is 458 g/mol. The molecule has 0 radical (unpaired) electrons. The van der Waals surface area contributed by atoms with Crippen LogP contribution in [0.5, 0.6) is 0 Å². The average molecular weight is 459 g/mol. The molecule has 0 aromatic heterocycles. The lowest BCUT2D eigenvalue weighted by Crippen LogP contribution is -2.38. The van der Waals surface area contributed by atoms with Crippen molar-refractivity contribution in [2.24, 2.45) is 23.7 Å². The van der Waals surface area contributed by atoms with Crippen molar-refractivity contribution < 1.29 is 22.3 Å². The highest BCUT2D eigenvalue weighted by Crippen LogP contribution is 2.44. The minimum Gasteiger partial charge on any atom is -0.378 e. The quantitative estimate of drug-likeness (QED) is 0.334. The third kappa shape index (κ3) is 4.49. The van der Waals surface area contributed by atoms with Gasteiger partial charge in [-0.05, 0) is 98.0 Å². The van der Waals surface area contributed by atoms with Gasteiger partial charge in [0.2, 0.25) is 0 Å². The van der Waals surface area contributed by atoms with E-state index in [1.807, 2.05) is 0 Å². The lowest BCUT2D eigenvalue weighted by atomic mass is 9.67. The van der Waals surface area contributed by atoms with Crippen molar-refractivity contribution >= 4 is 5.57 Å². The second kappa shape index (κ2) is 9.25. The van der Waals surface area contributed by atoms with Crippen molar-refractivity contribution in [1.82, 2.24) is 0 Å². The van der Waals surface area contributed by atoms with E-state index in [1.54, 1.807) is 6.07 Å². The highest BCUT2D eigenvalue weighted by atomic mass is 19.2. The fourth-order valence-corrected chi connectivity index (χ4v) is 6.01. The van der Waals surface area contributed by atoms with Crippen LogP contribution >= 0.6 is 0 Å². The minimum absolute atomic E-state index is 0.0737. The molecule has 5 rings (SSSR count). The molecule has 0 amide bonds. The number of ether oxygens (including phenoxy) is 1. The number of hydrogen-bond donors (Lipinski definition) is 0. The molecule has 1 saturated heterocycles. The van der Waals surface area contributed by atoms with Gasteiger partial charge in [-0.1, -0.05) is 25.1 Å². The predicted molar refractivity (Wildman–Crippen MR) is 121 cm³/mol. The molecular formula is C28H30F4O. The van der Waals surface area contributed by atoms with Crippen LogP contribution in [-0.2, 0) is 4.74 Å². The van der Waals surface area contributed by atoms with E-state index in [2.05, 4.69) is 13.0 Å². The summed E-state index contributed by atoms with van der Waals surface area (Å²) in [5.74, 6) is -1.93. The van der Waals surface area contributed by atoms with E-state index in [-0.39, 0.29) is 11.1 Å². The molecule has 176 valence electrons. The van der Waals surface area contributed by atoms with Gasteiger partial charge in [-0.15, -0.1) is 0 Å². The first-order chi connectivity index (χ1) is 15.9. The smallest absolute Gasteiger partial charge is 0.195 e. The summed E-state index contributed by atoms with van der Waals surface area (Å²) < 4.78 is 62.0. The number of allylic oxidation sites excluding steroid dienone is 2. The third-order valence-corrected chi connectivity index (χ3v) is 8.07. The molecule has 2 aromatic carbocycles. The Balaban J connectivity index is 1.23. The van der Waals surface area contributed by atoms with Crippen molar-refractivity contribution in [3.05, 3.63) is 65.2 Å². The summed E-state index contributed by atoms with van der Waals surface area (Å²) in [6, 6.07) is 6.42. The van der Waals surface area contributed by atoms with Crippen LogP contribution in [0.25, 0.3) is 16.7 Å². The predicted octanol–water partition coefficient (Wildman–Crippen LogP) is 7.93. The third-order valence-electron chi connectivity index (χ3n) is 8.07. The molecule has 3 aliphatic rings. The Hall–Kier alpha value is -2.14. The minimum atomic E-state index is -1.59. The Bertz CT molecular complexity index is 1050. The van der Waals surface area contributed by atoms with Crippen LogP contribution in [0.3, 0.4) is 0 Å². The molecule has 2 aromatic rings. The first-order valence-electron chi connectivity index (χ1n) is 12.1. The van der Waals surface area contributed by atoms with Gasteiger partial charge in [0.25, 0.3) is 0 Å². The van der Waals surface area contributed by atoms with Crippen LogP contribution in [0.1, 0.15) is 57.4 Å². The fourth-order valence-electron chi connectivity index (χ4n) is 6.01. The summed E-state index contributed by atoms with van der Waals surface area (Å²) in [6.45, 7) is 3.22. The van der Waals surface area contributed by atoms with Gasteiger partial charge in [0, 0.05) is 11.1 Å². The first kappa shape index (κ1) is 22.6. The zero-order valence-corrected chi connectivity index (χ0v) is 18.9. The summed E-state index contributed by atoms with van der Waals surface area (Å²) in [6.07, 6.45) is 10.3. The maximum Gasteiger partial charge on any atom is 0.195 e. The molecule has 1 aliphatic heterocycles. The van der Waals surface area contributed by atoms with Gasteiger partial charge in [0.15, 0.2) is 17.5 Å². The van der Waals surface area contributed by atoms with Crippen LogP contribution in [0, 0.1) is 46.9 Å². The molecule has 2 aliphatic carbocycles. The molecule has 5 heteroatoms. The Morgan fingerprint density at radius 3 is 2.21 bits per heavy atom. The molecular weight excluding hydrogens is 428 g/mol. The van der Waals surface area contributed by atoms with E-state index in [4.69, 9.17) is 4.74 Å². The van der Waals surface area contributed by atoms with Gasteiger partial charge in [0.1, 0.15) is 5.82 Å². The zero-order valence-electron chi connectivity index (χ0n) is 18.9. The van der Waals surface area contributed by atoms with Gasteiger partial charge in [-0.2, -0.15) is 0 Å². The molecule has 0 spiro atoms. The van der Waals surface area contributed by atoms with E-state index in [9.17, 15) is 17.6 Å². The number of halogens is 4. The van der Waals surface area contributed by atoms with Gasteiger partial charge < -0.3 is 4.74 Å². The molecule has 0 N–H and O–H groups in total. The van der Waals surface area contributed by atoms with E-state index >= 15 is 0 Å². The van der Waals surface area contributed by atoms with Gasteiger partial charge >= 0.3 is 0 Å². The molecule has 1 nitrogen and oxygen atoms in total. The first-order valence-corrected chi connectivity index (χ1v) is 12.1. The van der Waals surface area contributed by atoms with E-state index in [1.165, 1.54) is 31.4 Å². The molecule has 33 heavy (non-hydrogen) atoms. The molecule has 1 heterocycles. The summed E-state index contributed by atoms with van der Waals surface area (Å²) in [5, 5.41) is 0. The molecule has 0 bridgehead atoms. The maximum absolute atomic E-state index is 14.8. The SMILES string of the molecule is CC1CC(C2CCC(C3CC=C(c4ccc(-c5ccc(F)c(F)c5F)c(F)c4)CC3)OC2)C1. The highest BCUT2D eigenvalue weighted by molar-refractivity contribution is 5.71. The van der Waals surface area contributed by atoms with Gasteiger partial charge in [-0.25, -0.2) is 17.6 Å². The van der Waals surface area contributed by atoms with E-state index in [0.29, 0.717) is 12.0 Å².